The van der Waals surface area contributed by atoms with E-state index in [1.807, 2.05) is 0 Å². The van der Waals surface area contributed by atoms with Crippen LogP contribution in [0.1, 0.15) is 23.5 Å². The van der Waals surface area contributed by atoms with Gasteiger partial charge in [0.2, 0.25) is 10.0 Å². The van der Waals surface area contributed by atoms with Crippen molar-refractivity contribution in [3.8, 4) is 0 Å². The summed E-state index contributed by atoms with van der Waals surface area (Å²) in [5, 5.41) is 8.64. The molecule has 0 spiro atoms. The summed E-state index contributed by atoms with van der Waals surface area (Å²) in [6, 6.07) is 2.35. The number of rotatable bonds is 4. The van der Waals surface area contributed by atoms with Crippen LogP contribution in [-0.2, 0) is 10.0 Å². The number of thiophene rings is 1. The zero-order chi connectivity index (χ0) is 11.6. The van der Waals surface area contributed by atoms with Crippen molar-refractivity contribution >= 4 is 27.3 Å². The number of sulfonamides is 1. The Labute approximate surface area is 91.8 Å². The highest BCUT2D eigenvalue weighted by atomic mass is 32.2. The minimum Gasteiger partial charge on any atom is -0.477 e. The number of carbonyl (C=O) groups is 1. The summed E-state index contributed by atoms with van der Waals surface area (Å²) in [6.07, 6.45) is 0. The zero-order valence-electron chi connectivity index (χ0n) is 8.22. The second-order valence-electron chi connectivity index (χ2n) is 3.20. The molecule has 0 aliphatic heterocycles. The van der Waals surface area contributed by atoms with Crippen molar-refractivity contribution in [3.05, 3.63) is 17.0 Å². The van der Waals surface area contributed by atoms with Gasteiger partial charge >= 0.3 is 5.97 Å². The number of hydrogen-bond donors (Lipinski definition) is 2. The maximum Gasteiger partial charge on any atom is 0.345 e. The maximum atomic E-state index is 11.6. The van der Waals surface area contributed by atoms with Gasteiger partial charge in [-0.25, -0.2) is 17.9 Å². The fraction of sp³-hybridized carbons (Fsp3) is 0.375. The first-order valence-corrected chi connectivity index (χ1v) is 6.48. The average molecular weight is 249 g/mol. The molecule has 2 N–H and O–H groups in total. The highest BCUT2D eigenvalue weighted by Crippen LogP contribution is 2.21. The van der Waals surface area contributed by atoms with Gasteiger partial charge in [-0.1, -0.05) is 0 Å². The first-order valence-electron chi connectivity index (χ1n) is 4.18. The SMILES string of the molecule is CC(C)NS(=O)(=O)c1ccc(C(=O)O)s1. The Morgan fingerprint density at radius 3 is 2.47 bits per heavy atom. The Balaban J connectivity index is 3.01. The number of hydrogen-bond acceptors (Lipinski definition) is 4. The van der Waals surface area contributed by atoms with Crippen molar-refractivity contribution in [1.29, 1.82) is 0 Å². The highest BCUT2D eigenvalue weighted by molar-refractivity contribution is 7.91. The summed E-state index contributed by atoms with van der Waals surface area (Å²) in [4.78, 5) is 10.6. The Bertz CT molecular complexity index is 461. The predicted octanol–water partition coefficient (Wildman–Crippen LogP) is 1.13. The normalized spacial score (nSPS) is 11.9. The topological polar surface area (TPSA) is 83.5 Å². The number of carboxylic acid groups (broad SMARTS) is 1. The number of nitrogens with one attached hydrogen (secondary N) is 1. The van der Waals surface area contributed by atoms with Gasteiger partial charge < -0.3 is 5.11 Å². The summed E-state index contributed by atoms with van der Waals surface area (Å²) in [6.45, 7) is 3.40. The van der Waals surface area contributed by atoms with Crippen LogP contribution >= 0.6 is 11.3 Å². The maximum absolute atomic E-state index is 11.6. The lowest BCUT2D eigenvalue weighted by molar-refractivity contribution is 0.0702. The van der Waals surface area contributed by atoms with E-state index >= 15 is 0 Å². The molecule has 0 amide bonds. The first-order chi connectivity index (χ1) is 6.83. The van der Waals surface area contributed by atoms with Gasteiger partial charge in [-0.15, -0.1) is 11.3 Å². The molecule has 15 heavy (non-hydrogen) atoms. The van der Waals surface area contributed by atoms with Crippen LogP contribution in [0.4, 0.5) is 0 Å². The van der Waals surface area contributed by atoms with Gasteiger partial charge in [0.15, 0.2) is 0 Å². The van der Waals surface area contributed by atoms with Gasteiger partial charge in [-0.2, -0.15) is 0 Å². The summed E-state index contributed by atoms with van der Waals surface area (Å²) < 4.78 is 25.6. The number of carboxylic acids is 1. The van der Waals surface area contributed by atoms with Crippen molar-refractivity contribution in [1.82, 2.24) is 4.72 Å². The van der Waals surface area contributed by atoms with E-state index in [0.717, 1.165) is 11.3 Å². The van der Waals surface area contributed by atoms with E-state index in [9.17, 15) is 13.2 Å². The van der Waals surface area contributed by atoms with Crippen molar-refractivity contribution in [2.24, 2.45) is 0 Å². The predicted molar refractivity (Wildman–Crippen MR) is 56.7 cm³/mol. The lowest BCUT2D eigenvalue weighted by atomic mass is 10.4. The second-order valence-corrected chi connectivity index (χ2v) is 6.22. The lowest BCUT2D eigenvalue weighted by Gasteiger charge is -2.06. The Morgan fingerprint density at radius 2 is 2.07 bits per heavy atom. The van der Waals surface area contributed by atoms with Gasteiger partial charge in [0.25, 0.3) is 0 Å². The van der Waals surface area contributed by atoms with Gasteiger partial charge in [0.05, 0.1) is 0 Å². The molecule has 0 saturated heterocycles. The minimum atomic E-state index is -3.57. The molecule has 1 aromatic rings. The zero-order valence-corrected chi connectivity index (χ0v) is 9.85. The van der Waals surface area contributed by atoms with Crippen LogP contribution < -0.4 is 4.72 Å². The fourth-order valence-corrected chi connectivity index (χ4v) is 3.36. The largest absolute Gasteiger partial charge is 0.477 e. The molecule has 1 aromatic heterocycles. The van der Waals surface area contributed by atoms with E-state index in [-0.39, 0.29) is 15.1 Å². The molecule has 7 heteroatoms. The second kappa shape index (κ2) is 4.30. The molecule has 0 unspecified atom stereocenters. The Hall–Kier alpha value is -0.920. The molecular weight excluding hydrogens is 238 g/mol. The molecule has 84 valence electrons. The minimum absolute atomic E-state index is 0.0131. The van der Waals surface area contributed by atoms with Crippen LogP contribution in [0.15, 0.2) is 16.3 Å². The molecule has 5 nitrogen and oxygen atoms in total. The molecule has 0 saturated carbocycles. The van der Waals surface area contributed by atoms with Crippen LogP contribution in [0.2, 0.25) is 0 Å². The number of aromatic carboxylic acids is 1. The van der Waals surface area contributed by atoms with Gasteiger partial charge in [-0.05, 0) is 26.0 Å². The van der Waals surface area contributed by atoms with Gasteiger partial charge in [0.1, 0.15) is 9.09 Å². The van der Waals surface area contributed by atoms with Crippen LogP contribution in [0, 0.1) is 0 Å². The molecule has 0 aromatic carbocycles. The first kappa shape index (κ1) is 12.2. The van der Waals surface area contributed by atoms with Gasteiger partial charge in [-0.3, -0.25) is 0 Å². The van der Waals surface area contributed by atoms with Crippen LogP contribution in [0.25, 0.3) is 0 Å². The van der Waals surface area contributed by atoms with E-state index in [2.05, 4.69) is 4.72 Å². The molecular formula is C8H11NO4S2. The quantitative estimate of drug-likeness (QED) is 0.838. The monoisotopic (exact) mass is 249 g/mol. The smallest absolute Gasteiger partial charge is 0.345 e. The molecule has 0 atom stereocenters. The molecule has 1 rings (SSSR count). The van der Waals surface area contributed by atoms with Gasteiger partial charge in [0, 0.05) is 6.04 Å². The third-order valence-electron chi connectivity index (χ3n) is 1.45. The van der Waals surface area contributed by atoms with E-state index in [1.165, 1.54) is 12.1 Å². The van der Waals surface area contributed by atoms with E-state index in [1.54, 1.807) is 13.8 Å². The highest BCUT2D eigenvalue weighted by Gasteiger charge is 2.19. The van der Waals surface area contributed by atoms with E-state index in [0.29, 0.717) is 0 Å². The van der Waals surface area contributed by atoms with Crippen molar-refractivity contribution in [2.75, 3.05) is 0 Å². The van der Waals surface area contributed by atoms with Crippen LogP contribution in [0.3, 0.4) is 0 Å². The summed E-state index contributed by atoms with van der Waals surface area (Å²) in [7, 11) is -3.57. The third kappa shape index (κ3) is 3.01. The average Bonchev–Trinajstić information content (AvgIpc) is 2.48. The summed E-state index contributed by atoms with van der Waals surface area (Å²) in [5.74, 6) is -1.12. The molecule has 1 heterocycles. The van der Waals surface area contributed by atoms with Crippen LogP contribution in [0.5, 0.6) is 0 Å². The van der Waals surface area contributed by atoms with Crippen molar-refractivity contribution < 1.29 is 18.3 Å². The standard InChI is InChI=1S/C8H11NO4S2/c1-5(2)9-15(12,13)7-4-3-6(14-7)8(10)11/h3-5,9H,1-2H3,(H,10,11). The Kier molecular flexibility index (Phi) is 3.48. The third-order valence-corrected chi connectivity index (χ3v) is 4.67. The Morgan fingerprint density at radius 1 is 1.47 bits per heavy atom. The molecule has 0 aliphatic carbocycles. The molecule has 0 radical (unpaired) electrons. The summed E-state index contributed by atoms with van der Waals surface area (Å²) in [5.41, 5.74) is 0. The van der Waals surface area contributed by atoms with Crippen molar-refractivity contribution in [2.45, 2.75) is 24.1 Å². The van der Waals surface area contributed by atoms with E-state index in [4.69, 9.17) is 5.11 Å². The molecule has 0 aliphatic rings. The van der Waals surface area contributed by atoms with Crippen LogP contribution in [-0.4, -0.2) is 25.5 Å². The lowest BCUT2D eigenvalue weighted by Crippen LogP contribution is -2.29. The molecule has 0 bridgehead atoms. The summed E-state index contributed by atoms with van der Waals surface area (Å²) >= 11 is 0.740. The fourth-order valence-electron chi connectivity index (χ4n) is 0.948. The van der Waals surface area contributed by atoms with E-state index < -0.39 is 16.0 Å². The molecule has 0 fully saturated rings. The van der Waals surface area contributed by atoms with Crippen molar-refractivity contribution in [3.63, 3.8) is 0 Å².